The predicted molar refractivity (Wildman–Crippen MR) is 39.9 cm³/mol. The molecule has 0 saturated heterocycles. The zero-order valence-electron chi connectivity index (χ0n) is 7.16. The van der Waals surface area contributed by atoms with Crippen molar-refractivity contribution in [3.05, 3.63) is 11.9 Å². The topological polar surface area (TPSA) is 66.0 Å². The molecular formula is C6H9F3N4O. The largest absolute Gasteiger partial charge is 0.522 e. The fourth-order valence-corrected chi connectivity index (χ4v) is 0.796. The van der Waals surface area contributed by atoms with E-state index in [1.54, 1.807) is 0 Å². The molecule has 5 nitrogen and oxygen atoms in total. The van der Waals surface area contributed by atoms with Crippen LogP contribution in [0, 0.1) is 0 Å². The van der Waals surface area contributed by atoms with Gasteiger partial charge in [-0.15, -0.1) is 18.3 Å². The zero-order chi connectivity index (χ0) is 10.6. The Balaban J connectivity index is 2.31. The highest BCUT2D eigenvalue weighted by Crippen LogP contribution is 2.15. The summed E-state index contributed by atoms with van der Waals surface area (Å²) in [4.78, 5) is 0. The molecule has 1 rings (SSSR count). The van der Waals surface area contributed by atoms with Crippen LogP contribution >= 0.6 is 0 Å². The first-order valence-electron chi connectivity index (χ1n) is 3.81. The second-order valence-electron chi connectivity index (χ2n) is 2.47. The first-order chi connectivity index (χ1) is 6.51. The summed E-state index contributed by atoms with van der Waals surface area (Å²) in [6.45, 7) is -0.288. The van der Waals surface area contributed by atoms with Gasteiger partial charge < -0.3 is 5.73 Å². The van der Waals surface area contributed by atoms with Crippen molar-refractivity contribution in [1.82, 2.24) is 15.0 Å². The quantitative estimate of drug-likeness (QED) is 0.774. The van der Waals surface area contributed by atoms with Crippen molar-refractivity contribution in [2.45, 2.75) is 19.5 Å². The molecule has 0 spiro atoms. The van der Waals surface area contributed by atoms with Gasteiger partial charge in [-0.25, -0.2) is 4.68 Å². The minimum absolute atomic E-state index is 0.00743. The van der Waals surface area contributed by atoms with Crippen molar-refractivity contribution >= 4 is 0 Å². The maximum Gasteiger partial charge on any atom is 0.522 e. The predicted octanol–water partition coefficient (Wildman–Crippen LogP) is 0.273. The fourth-order valence-electron chi connectivity index (χ4n) is 0.796. The second kappa shape index (κ2) is 4.38. The van der Waals surface area contributed by atoms with E-state index in [1.807, 2.05) is 0 Å². The Labute approximate surface area is 77.6 Å². The lowest BCUT2D eigenvalue weighted by Gasteiger charge is -2.06. The highest BCUT2D eigenvalue weighted by atomic mass is 19.4. The van der Waals surface area contributed by atoms with E-state index < -0.39 is 13.0 Å². The standard InChI is InChI=1S/C6H9F3N4O/c7-6(8,9)14-2-1-13-4-5(3-10)11-12-13/h4H,1-3,10H2. The number of hydrogen-bond acceptors (Lipinski definition) is 4. The number of hydrogen-bond donors (Lipinski definition) is 1. The molecule has 80 valence electrons. The molecule has 0 unspecified atom stereocenters. The minimum atomic E-state index is -4.60. The van der Waals surface area contributed by atoms with Crippen molar-refractivity contribution in [3.63, 3.8) is 0 Å². The molecule has 1 aromatic heterocycles. The van der Waals surface area contributed by atoms with E-state index in [4.69, 9.17) is 5.73 Å². The van der Waals surface area contributed by atoms with Gasteiger partial charge in [0.05, 0.1) is 18.8 Å². The molecule has 0 aromatic carbocycles. The molecule has 0 amide bonds. The molecule has 1 heterocycles. The molecule has 14 heavy (non-hydrogen) atoms. The molecule has 1 aromatic rings. The average Bonchev–Trinajstić information content (AvgIpc) is 2.50. The van der Waals surface area contributed by atoms with Crippen molar-refractivity contribution in [3.8, 4) is 0 Å². The van der Waals surface area contributed by atoms with Gasteiger partial charge >= 0.3 is 6.36 Å². The highest BCUT2D eigenvalue weighted by Gasteiger charge is 2.28. The summed E-state index contributed by atoms with van der Waals surface area (Å²) in [6, 6.07) is 0. The van der Waals surface area contributed by atoms with Crippen LogP contribution in [-0.2, 0) is 17.8 Å². The van der Waals surface area contributed by atoms with E-state index >= 15 is 0 Å². The first kappa shape index (κ1) is 10.9. The lowest BCUT2D eigenvalue weighted by atomic mass is 10.5. The molecule has 0 bridgehead atoms. The molecule has 0 atom stereocenters. The van der Waals surface area contributed by atoms with Crippen LogP contribution in [-0.4, -0.2) is 28.0 Å². The van der Waals surface area contributed by atoms with Crippen LogP contribution in [0.25, 0.3) is 0 Å². The van der Waals surface area contributed by atoms with Gasteiger partial charge in [-0.05, 0) is 0 Å². The number of ether oxygens (including phenoxy) is 1. The second-order valence-corrected chi connectivity index (χ2v) is 2.47. The van der Waals surface area contributed by atoms with Crippen LogP contribution in [0.15, 0.2) is 6.20 Å². The van der Waals surface area contributed by atoms with Gasteiger partial charge in [-0.1, -0.05) is 5.21 Å². The Bertz CT molecular complexity index is 285. The third kappa shape index (κ3) is 3.71. The molecule has 0 aliphatic heterocycles. The van der Waals surface area contributed by atoms with Crippen LogP contribution < -0.4 is 5.73 Å². The maximum atomic E-state index is 11.5. The number of halogens is 3. The van der Waals surface area contributed by atoms with Crippen LogP contribution in [0.2, 0.25) is 0 Å². The van der Waals surface area contributed by atoms with Gasteiger partial charge in [0, 0.05) is 12.7 Å². The van der Waals surface area contributed by atoms with Gasteiger partial charge in [0.1, 0.15) is 0 Å². The molecule has 0 aliphatic carbocycles. The van der Waals surface area contributed by atoms with Crippen molar-refractivity contribution in [2.24, 2.45) is 5.73 Å². The third-order valence-corrected chi connectivity index (χ3v) is 1.38. The molecule has 2 N–H and O–H groups in total. The zero-order valence-corrected chi connectivity index (χ0v) is 7.16. The Morgan fingerprint density at radius 1 is 1.50 bits per heavy atom. The van der Waals surface area contributed by atoms with Crippen LogP contribution in [0.4, 0.5) is 13.2 Å². The van der Waals surface area contributed by atoms with E-state index in [1.165, 1.54) is 10.9 Å². The Kier molecular flexibility index (Phi) is 3.42. The van der Waals surface area contributed by atoms with E-state index in [9.17, 15) is 13.2 Å². The summed E-state index contributed by atoms with van der Waals surface area (Å²) in [7, 11) is 0. The molecule has 0 aliphatic rings. The fraction of sp³-hybridized carbons (Fsp3) is 0.667. The molecule has 0 saturated carbocycles. The van der Waals surface area contributed by atoms with Gasteiger partial charge in [-0.3, -0.25) is 4.74 Å². The van der Waals surface area contributed by atoms with Crippen molar-refractivity contribution < 1.29 is 17.9 Å². The minimum Gasteiger partial charge on any atom is -0.325 e. The summed E-state index contributed by atoms with van der Waals surface area (Å²) in [5.74, 6) is 0. The first-order valence-corrected chi connectivity index (χ1v) is 3.81. The Morgan fingerprint density at radius 2 is 2.21 bits per heavy atom. The Morgan fingerprint density at radius 3 is 2.71 bits per heavy atom. The molecule has 0 radical (unpaired) electrons. The van der Waals surface area contributed by atoms with E-state index in [-0.39, 0.29) is 13.1 Å². The van der Waals surface area contributed by atoms with Gasteiger partial charge in [0.25, 0.3) is 0 Å². The molecule has 0 fully saturated rings. The summed E-state index contributed by atoms with van der Waals surface area (Å²) in [6.07, 6.45) is -3.13. The SMILES string of the molecule is NCc1cn(CCOC(F)(F)F)nn1. The lowest BCUT2D eigenvalue weighted by molar-refractivity contribution is -0.325. The number of nitrogens with zero attached hydrogens (tertiary/aromatic N) is 3. The van der Waals surface area contributed by atoms with Gasteiger partial charge in [0.15, 0.2) is 0 Å². The monoisotopic (exact) mass is 210 g/mol. The van der Waals surface area contributed by atoms with Crippen LogP contribution in [0.3, 0.4) is 0 Å². The number of alkyl halides is 3. The summed E-state index contributed by atoms with van der Waals surface area (Å²) < 4.78 is 39.4. The number of nitrogens with two attached hydrogens (primary N) is 1. The molecular weight excluding hydrogens is 201 g/mol. The van der Waals surface area contributed by atoms with Crippen LogP contribution in [0.5, 0.6) is 0 Å². The Hall–Kier alpha value is -1.15. The number of rotatable bonds is 4. The number of aromatic nitrogens is 3. The normalized spacial score (nSPS) is 12.0. The lowest BCUT2D eigenvalue weighted by Crippen LogP contribution is -2.17. The van der Waals surface area contributed by atoms with Crippen molar-refractivity contribution in [1.29, 1.82) is 0 Å². The average molecular weight is 210 g/mol. The summed E-state index contributed by atoms with van der Waals surface area (Å²) in [5, 5.41) is 7.15. The smallest absolute Gasteiger partial charge is 0.325 e. The maximum absolute atomic E-state index is 11.5. The summed E-state index contributed by atoms with van der Waals surface area (Å²) >= 11 is 0. The van der Waals surface area contributed by atoms with E-state index in [0.29, 0.717) is 5.69 Å². The van der Waals surface area contributed by atoms with E-state index in [2.05, 4.69) is 15.0 Å². The molecule has 8 heteroatoms. The van der Waals surface area contributed by atoms with Gasteiger partial charge in [0.2, 0.25) is 0 Å². The highest BCUT2D eigenvalue weighted by molar-refractivity contribution is 4.90. The third-order valence-electron chi connectivity index (χ3n) is 1.38. The summed E-state index contributed by atoms with van der Waals surface area (Å²) in [5.41, 5.74) is 5.76. The van der Waals surface area contributed by atoms with Gasteiger partial charge in [-0.2, -0.15) is 0 Å². The van der Waals surface area contributed by atoms with Crippen LogP contribution in [0.1, 0.15) is 5.69 Å². The van der Waals surface area contributed by atoms with E-state index in [0.717, 1.165) is 0 Å². The van der Waals surface area contributed by atoms with Crippen molar-refractivity contribution in [2.75, 3.05) is 6.61 Å².